The molecule has 4 aromatic rings. The normalized spacial score (nSPS) is 17.8. The van der Waals surface area contributed by atoms with Gasteiger partial charge < -0.3 is 4.90 Å². The average molecular weight is 601 g/mol. The summed E-state index contributed by atoms with van der Waals surface area (Å²) >= 11 is 3.62. The SMILES string of the molecule is C[n+]1c(C=C2C=C(C=CC=C3Sc4ccccc4N3CCCNS(C)(=O)=O)CCC2)sc2ccc3ccccc3c21. The molecule has 6 rings (SSSR count). The third-order valence-corrected chi connectivity index (χ3v) is 10.5. The Morgan fingerprint density at radius 2 is 1.88 bits per heavy atom. The lowest BCUT2D eigenvalue weighted by molar-refractivity contribution is -0.641. The van der Waals surface area contributed by atoms with Gasteiger partial charge in [0.1, 0.15) is 11.7 Å². The van der Waals surface area contributed by atoms with E-state index < -0.39 is 10.0 Å². The zero-order chi connectivity index (χ0) is 28.4. The van der Waals surface area contributed by atoms with E-state index in [1.54, 1.807) is 11.8 Å². The van der Waals surface area contributed by atoms with Crippen LogP contribution in [0.25, 0.3) is 27.1 Å². The molecule has 5 nitrogen and oxygen atoms in total. The van der Waals surface area contributed by atoms with Gasteiger partial charge in [-0.1, -0.05) is 77.7 Å². The van der Waals surface area contributed by atoms with Gasteiger partial charge in [-0.2, -0.15) is 4.57 Å². The predicted molar refractivity (Wildman–Crippen MR) is 175 cm³/mol. The minimum Gasteiger partial charge on any atom is -0.335 e. The highest BCUT2D eigenvalue weighted by molar-refractivity contribution is 8.03. The lowest BCUT2D eigenvalue weighted by atomic mass is 9.94. The van der Waals surface area contributed by atoms with Crippen LogP contribution in [0, 0.1) is 0 Å². The summed E-state index contributed by atoms with van der Waals surface area (Å²) in [4.78, 5) is 3.52. The highest BCUT2D eigenvalue weighted by atomic mass is 32.2. The summed E-state index contributed by atoms with van der Waals surface area (Å²) in [5.41, 5.74) is 5.21. The number of benzene rings is 3. The predicted octanol–water partition coefficient (Wildman–Crippen LogP) is 7.32. The molecule has 0 saturated carbocycles. The van der Waals surface area contributed by atoms with Gasteiger partial charge in [-0.05, 0) is 72.6 Å². The molecule has 1 aliphatic carbocycles. The minimum atomic E-state index is -3.17. The highest BCUT2D eigenvalue weighted by Crippen LogP contribution is 2.45. The van der Waals surface area contributed by atoms with E-state index in [0.717, 1.165) is 32.2 Å². The standard InChI is InChI=1S/C33H34N3O2S3/c1-35-32(40-30-19-18-26-13-3-4-14-27(26)33(30)35)23-25-12-7-10-24(22-25)11-8-17-31-36(21-9-20-34-41(2,37)38)28-15-5-6-16-29(28)39-31/h3-6,8,11,13-19,22-23,34H,7,9-10,12,20-21H2,1-2H3/q+1. The van der Waals surface area contributed by atoms with Gasteiger partial charge in [0, 0.05) is 24.1 Å². The number of anilines is 1. The third kappa shape index (κ3) is 6.36. The van der Waals surface area contributed by atoms with Crippen molar-refractivity contribution in [1.82, 2.24) is 4.72 Å². The average Bonchev–Trinajstić information content (AvgIpc) is 3.47. The van der Waals surface area contributed by atoms with E-state index in [4.69, 9.17) is 0 Å². The number of hydrogen-bond donors (Lipinski definition) is 1. The van der Waals surface area contributed by atoms with Gasteiger partial charge in [0.2, 0.25) is 15.5 Å². The van der Waals surface area contributed by atoms with E-state index in [1.165, 1.54) is 59.0 Å². The first-order valence-electron chi connectivity index (χ1n) is 13.9. The first-order valence-corrected chi connectivity index (χ1v) is 17.5. The van der Waals surface area contributed by atoms with Crippen LogP contribution in [0.4, 0.5) is 5.69 Å². The topological polar surface area (TPSA) is 53.3 Å². The van der Waals surface area contributed by atoms with Crippen LogP contribution in [0.15, 0.2) is 106 Å². The molecule has 41 heavy (non-hydrogen) atoms. The molecule has 3 aromatic carbocycles. The van der Waals surface area contributed by atoms with Gasteiger partial charge in [-0.15, -0.1) is 0 Å². The van der Waals surface area contributed by atoms with Gasteiger partial charge >= 0.3 is 0 Å². The lowest BCUT2D eigenvalue weighted by Crippen LogP contribution is -2.29. The summed E-state index contributed by atoms with van der Waals surface area (Å²) in [5.74, 6) is 0. The molecule has 0 radical (unpaired) electrons. The van der Waals surface area contributed by atoms with Crippen LogP contribution >= 0.6 is 23.1 Å². The van der Waals surface area contributed by atoms with E-state index >= 15 is 0 Å². The van der Waals surface area contributed by atoms with Gasteiger partial charge in [-0.3, -0.25) is 0 Å². The minimum absolute atomic E-state index is 0.432. The molecule has 0 bridgehead atoms. The van der Waals surface area contributed by atoms with Crippen molar-refractivity contribution in [3.63, 3.8) is 0 Å². The van der Waals surface area contributed by atoms with Gasteiger partial charge in [-0.25, -0.2) is 13.1 Å². The smallest absolute Gasteiger partial charge is 0.262 e. The molecule has 0 saturated heterocycles. The Bertz CT molecular complexity index is 1850. The summed E-state index contributed by atoms with van der Waals surface area (Å²) in [5, 5.41) is 5.02. The number of nitrogens with one attached hydrogen (secondary N) is 1. The largest absolute Gasteiger partial charge is 0.335 e. The van der Waals surface area contributed by atoms with Crippen molar-refractivity contribution >= 4 is 65.9 Å². The van der Waals surface area contributed by atoms with Crippen LogP contribution in [0.3, 0.4) is 0 Å². The maximum atomic E-state index is 11.5. The van der Waals surface area contributed by atoms with E-state index in [-0.39, 0.29) is 0 Å². The summed E-state index contributed by atoms with van der Waals surface area (Å²) < 4.78 is 29.2. The number of allylic oxidation sites excluding steroid dienone is 6. The first kappa shape index (κ1) is 28.0. The van der Waals surface area contributed by atoms with Gasteiger partial charge in [0.05, 0.1) is 22.4 Å². The molecule has 0 fully saturated rings. The summed E-state index contributed by atoms with van der Waals surface area (Å²) in [6, 6.07) is 21.5. The molecular formula is C33H34N3O2S3+. The Hall–Kier alpha value is -3.17. The maximum absolute atomic E-state index is 11.5. The van der Waals surface area contributed by atoms with Crippen LogP contribution in [0.1, 0.15) is 30.7 Å². The fourth-order valence-electron chi connectivity index (χ4n) is 5.52. The molecule has 1 aliphatic heterocycles. The van der Waals surface area contributed by atoms with Gasteiger partial charge in [0.25, 0.3) is 5.01 Å². The Morgan fingerprint density at radius 1 is 1.05 bits per heavy atom. The van der Waals surface area contributed by atoms with Crippen LogP contribution in [-0.2, 0) is 17.1 Å². The molecule has 0 atom stereocenters. The molecule has 2 heterocycles. The number of rotatable bonds is 8. The van der Waals surface area contributed by atoms with Crippen molar-refractivity contribution in [1.29, 1.82) is 0 Å². The summed E-state index contributed by atoms with van der Waals surface area (Å²) in [6.45, 7) is 1.18. The highest BCUT2D eigenvalue weighted by Gasteiger charge is 2.24. The Labute approximate surface area is 250 Å². The van der Waals surface area contributed by atoms with Crippen molar-refractivity contribution in [2.24, 2.45) is 7.05 Å². The number of hydrogen-bond acceptors (Lipinski definition) is 5. The fourth-order valence-corrected chi connectivity index (χ4v) is 8.28. The molecule has 210 valence electrons. The summed E-state index contributed by atoms with van der Waals surface area (Å²) in [6.07, 6.45) is 16.6. The molecule has 0 spiro atoms. The third-order valence-electron chi connectivity index (χ3n) is 7.46. The van der Waals surface area contributed by atoms with Crippen LogP contribution in [0.5, 0.6) is 0 Å². The molecule has 1 N–H and O–H groups in total. The quantitative estimate of drug-likeness (QED) is 0.170. The zero-order valence-electron chi connectivity index (χ0n) is 23.3. The Morgan fingerprint density at radius 3 is 2.76 bits per heavy atom. The van der Waals surface area contributed by atoms with E-state index in [9.17, 15) is 8.42 Å². The summed E-state index contributed by atoms with van der Waals surface area (Å²) in [7, 11) is -0.996. The van der Waals surface area contributed by atoms with E-state index in [2.05, 4.69) is 112 Å². The second kappa shape index (κ2) is 12.0. The number of fused-ring (bicyclic) bond motifs is 4. The number of aromatic nitrogens is 1. The monoisotopic (exact) mass is 600 g/mol. The first-order chi connectivity index (χ1) is 19.9. The Kier molecular flexibility index (Phi) is 8.17. The lowest BCUT2D eigenvalue weighted by Gasteiger charge is -2.20. The number of para-hydroxylation sites is 1. The number of nitrogens with zero attached hydrogens (tertiary/aromatic N) is 2. The van der Waals surface area contributed by atoms with E-state index in [1.807, 2.05) is 11.3 Å². The van der Waals surface area contributed by atoms with Crippen molar-refractivity contribution < 1.29 is 13.0 Å². The number of thiazole rings is 1. The van der Waals surface area contributed by atoms with Crippen LogP contribution in [0.2, 0.25) is 0 Å². The van der Waals surface area contributed by atoms with Crippen molar-refractivity contribution in [2.45, 2.75) is 30.6 Å². The van der Waals surface area contributed by atoms with Crippen molar-refractivity contribution in [3.8, 4) is 0 Å². The maximum Gasteiger partial charge on any atom is 0.262 e. The van der Waals surface area contributed by atoms with E-state index in [0.29, 0.717) is 6.54 Å². The van der Waals surface area contributed by atoms with Crippen molar-refractivity contribution in [3.05, 3.63) is 106 Å². The number of thioether (sulfide) groups is 1. The van der Waals surface area contributed by atoms with Gasteiger partial charge in [0.15, 0.2) is 0 Å². The van der Waals surface area contributed by atoms with Crippen molar-refractivity contribution in [2.75, 3.05) is 24.2 Å². The van der Waals surface area contributed by atoms with Crippen LogP contribution < -0.4 is 14.2 Å². The molecule has 1 aromatic heterocycles. The second-order valence-electron chi connectivity index (χ2n) is 10.5. The number of sulfonamides is 1. The zero-order valence-corrected chi connectivity index (χ0v) is 25.8. The molecule has 0 unspecified atom stereocenters. The molecule has 0 amide bonds. The molecular weight excluding hydrogens is 567 g/mol. The fraction of sp³-hybridized carbons (Fsp3) is 0.242. The Balaban J connectivity index is 1.21. The van der Waals surface area contributed by atoms with Crippen LogP contribution in [-0.4, -0.2) is 27.8 Å². The number of aryl methyl sites for hydroxylation is 1. The molecule has 2 aliphatic rings. The second-order valence-corrected chi connectivity index (χ2v) is 14.5. The molecule has 8 heteroatoms.